The van der Waals surface area contributed by atoms with Gasteiger partial charge in [0.05, 0.1) is 5.41 Å². The van der Waals surface area contributed by atoms with Crippen LogP contribution in [-0.2, 0) is 9.59 Å². The highest BCUT2D eigenvalue weighted by Gasteiger charge is 2.58. The molecule has 5 nitrogen and oxygen atoms in total. The molecular weight excluding hydrogens is 277 g/mol. The fourth-order valence-corrected chi connectivity index (χ4v) is 2.35. The fraction of sp³-hybridized carbons (Fsp3) is 0.833. The molecular formula is C12H19F3N2O3. The molecule has 0 saturated carbocycles. The Labute approximate surface area is 114 Å². The number of carbonyl (C=O) groups excluding carboxylic acids is 1. The second kappa shape index (κ2) is 4.91. The predicted molar refractivity (Wildman–Crippen MR) is 64.8 cm³/mol. The second-order valence-corrected chi connectivity index (χ2v) is 5.79. The Bertz CT molecular complexity index is 421. The molecule has 2 atom stereocenters. The molecule has 1 saturated heterocycles. The Hall–Kier alpha value is -1.31. The third-order valence-electron chi connectivity index (χ3n) is 4.15. The molecule has 8 heteroatoms. The lowest BCUT2D eigenvalue weighted by atomic mass is 9.76. The van der Waals surface area contributed by atoms with Crippen LogP contribution >= 0.6 is 0 Å². The van der Waals surface area contributed by atoms with E-state index in [0.29, 0.717) is 6.92 Å². The molecule has 0 aromatic rings. The van der Waals surface area contributed by atoms with Gasteiger partial charge < -0.3 is 15.7 Å². The molecule has 20 heavy (non-hydrogen) atoms. The van der Waals surface area contributed by atoms with Crippen LogP contribution in [0.5, 0.6) is 0 Å². The first-order chi connectivity index (χ1) is 8.86. The SMILES string of the molecule is CC(C)C1(C(=O)O)CCN(C(=O)C(C)(N)C(F)(F)F)C1. The molecule has 0 spiro atoms. The van der Waals surface area contributed by atoms with E-state index in [0.717, 1.165) is 4.90 Å². The van der Waals surface area contributed by atoms with Gasteiger partial charge >= 0.3 is 12.1 Å². The van der Waals surface area contributed by atoms with Gasteiger partial charge in [0.2, 0.25) is 0 Å². The van der Waals surface area contributed by atoms with E-state index in [-0.39, 0.29) is 25.4 Å². The molecule has 0 radical (unpaired) electrons. The normalized spacial score (nSPS) is 26.7. The topological polar surface area (TPSA) is 83.6 Å². The number of hydrogen-bond donors (Lipinski definition) is 2. The monoisotopic (exact) mass is 296 g/mol. The minimum absolute atomic E-state index is 0.0355. The van der Waals surface area contributed by atoms with Crippen LogP contribution in [0.2, 0.25) is 0 Å². The maximum Gasteiger partial charge on any atom is 0.415 e. The van der Waals surface area contributed by atoms with Gasteiger partial charge in [0, 0.05) is 13.1 Å². The number of nitrogens with zero attached hydrogens (tertiary/aromatic N) is 1. The zero-order valence-corrected chi connectivity index (χ0v) is 11.6. The maximum absolute atomic E-state index is 12.8. The van der Waals surface area contributed by atoms with Gasteiger partial charge in [-0.2, -0.15) is 13.2 Å². The molecule has 3 N–H and O–H groups in total. The lowest BCUT2D eigenvalue weighted by Gasteiger charge is -2.33. The Kier molecular flexibility index (Phi) is 4.11. The van der Waals surface area contributed by atoms with Gasteiger partial charge in [-0.3, -0.25) is 9.59 Å². The van der Waals surface area contributed by atoms with E-state index in [1.807, 2.05) is 0 Å². The van der Waals surface area contributed by atoms with Crippen molar-refractivity contribution in [2.45, 2.75) is 38.9 Å². The van der Waals surface area contributed by atoms with Crippen molar-refractivity contribution in [2.75, 3.05) is 13.1 Å². The molecule has 1 aliphatic rings. The van der Waals surface area contributed by atoms with Gasteiger partial charge in [0.25, 0.3) is 5.91 Å². The van der Waals surface area contributed by atoms with E-state index >= 15 is 0 Å². The van der Waals surface area contributed by atoms with Crippen LogP contribution < -0.4 is 5.73 Å². The summed E-state index contributed by atoms with van der Waals surface area (Å²) in [6.07, 6.45) is -4.75. The van der Waals surface area contributed by atoms with Crippen LogP contribution in [-0.4, -0.2) is 46.7 Å². The first kappa shape index (κ1) is 16.7. The molecule has 0 aliphatic carbocycles. The highest BCUT2D eigenvalue weighted by Crippen LogP contribution is 2.40. The number of carboxylic acid groups (broad SMARTS) is 1. The fourth-order valence-electron chi connectivity index (χ4n) is 2.35. The quantitative estimate of drug-likeness (QED) is 0.820. The van der Waals surface area contributed by atoms with Crippen molar-refractivity contribution >= 4 is 11.9 Å². The minimum Gasteiger partial charge on any atom is -0.481 e. The van der Waals surface area contributed by atoms with Crippen molar-refractivity contribution in [2.24, 2.45) is 17.1 Å². The Morgan fingerprint density at radius 2 is 1.85 bits per heavy atom. The first-order valence-corrected chi connectivity index (χ1v) is 6.24. The summed E-state index contributed by atoms with van der Waals surface area (Å²) in [6, 6.07) is 0. The van der Waals surface area contributed by atoms with Crippen LogP contribution in [0.25, 0.3) is 0 Å². The Morgan fingerprint density at radius 1 is 1.35 bits per heavy atom. The molecule has 116 valence electrons. The van der Waals surface area contributed by atoms with Crippen LogP contribution in [0.15, 0.2) is 0 Å². The number of nitrogens with two attached hydrogens (primary N) is 1. The molecule has 0 aromatic carbocycles. The predicted octanol–water partition coefficient (Wildman–Crippen LogP) is 1.23. The number of aliphatic carboxylic acids is 1. The molecule has 0 bridgehead atoms. The summed E-state index contributed by atoms with van der Waals surface area (Å²) in [5.74, 6) is -2.69. The Balaban J connectivity index is 2.99. The average Bonchev–Trinajstić information content (AvgIpc) is 2.72. The van der Waals surface area contributed by atoms with Crippen molar-refractivity contribution in [3.63, 3.8) is 0 Å². The molecule has 2 unspecified atom stereocenters. The summed E-state index contributed by atoms with van der Waals surface area (Å²) in [4.78, 5) is 24.2. The van der Waals surface area contributed by atoms with Gasteiger partial charge in [-0.15, -0.1) is 0 Å². The van der Waals surface area contributed by atoms with Crippen molar-refractivity contribution in [1.29, 1.82) is 0 Å². The highest BCUT2D eigenvalue weighted by molar-refractivity contribution is 5.88. The summed E-state index contributed by atoms with van der Waals surface area (Å²) in [5.41, 5.74) is 0.882. The van der Waals surface area contributed by atoms with E-state index in [1.54, 1.807) is 13.8 Å². The van der Waals surface area contributed by atoms with Gasteiger partial charge in [-0.25, -0.2) is 0 Å². The van der Waals surface area contributed by atoms with E-state index in [4.69, 9.17) is 5.73 Å². The van der Waals surface area contributed by atoms with E-state index in [9.17, 15) is 27.9 Å². The summed E-state index contributed by atoms with van der Waals surface area (Å²) in [6.45, 7) is 3.67. The van der Waals surface area contributed by atoms with E-state index in [1.165, 1.54) is 0 Å². The molecule has 1 amide bonds. The van der Waals surface area contributed by atoms with Gasteiger partial charge in [-0.1, -0.05) is 13.8 Å². The summed E-state index contributed by atoms with van der Waals surface area (Å²) in [5, 5.41) is 9.30. The van der Waals surface area contributed by atoms with E-state index < -0.39 is 29.0 Å². The first-order valence-electron chi connectivity index (χ1n) is 6.24. The standard InChI is InChI=1S/C12H19F3N2O3/c1-7(2)11(9(19)20)4-5-17(6-11)8(18)10(3,16)12(13,14)15/h7H,4-6,16H2,1-3H3,(H,19,20). The van der Waals surface area contributed by atoms with Crippen molar-refractivity contribution in [3.8, 4) is 0 Å². The lowest BCUT2D eigenvalue weighted by Crippen LogP contribution is -2.62. The number of carbonyl (C=O) groups is 2. The van der Waals surface area contributed by atoms with Crippen molar-refractivity contribution < 1.29 is 27.9 Å². The van der Waals surface area contributed by atoms with Crippen molar-refractivity contribution in [3.05, 3.63) is 0 Å². The second-order valence-electron chi connectivity index (χ2n) is 5.79. The average molecular weight is 296 g/mol. The van der Waals surface area contributed by atoms with Crippen molar-refractivity contribution in [1.82, 2.24) is 4.90 Å². The smallest absolute Gasteiger partial charge is 0.415 e. The van der Waals surface area contributed by atoms with Crippen LogP contribution in [0.3, 0.4) is 0 Å². The summed E-state index contributed by atoms with van der Waals surface area (Å²) in [7, 11) is 0. The molecule has 1 rings (SSSR count). The Morgan fingerprint density at radius 3 is 2.15 bits per heavy atom. The summed E-state index contributed by atoms with van der Waals surface area (Å²) < 4.78 is 38.3. The number of hydrogen-bond acceptors (Lipinski definition) is 3. The summed E-state index contributed by atoms with van der Waals surface area (Å²) >= 11 is 0. The third-order valence-corrected chi connectivity index (χ3v) is 4.15. The number of likely N-dealkylation sites (tertiary alicyclic amines) is 1. The third kappa shape index (κ3) is 2.48. The van der Waals surface area contributed by atoms with Crippen LogP contribution in [0.4, 0.5) is 13.2 Å². The maximum atomic E-state index is 12.8. The number of alkyl halides is 3. The molecule has 0 aromatic heterocycles. The number of amides is 1. The number of carboxylic acids is 1. The molecule has 1 fully saturated rings. The van der Waals surface area contributed by atoms with Gasteiger partial charge in [0.15, 0.2) is 5.54 Å². The lowest BCUT2D eigenvalue weighted by molar-refractivity contribution is -0.193. The van der Waals surface area contributed by atoms with Crippen LogP contribution in [0.1, 0.15) is 27.2 Å². The highest BCUT2D eigenvalue weighted by atomic mass is 19.4. The zero-order chi connectivity index (χ0) is 15.9. The number of rotatable bonds is 3. The molecule has 1 aliphatic heterocycles. The van der Waals surface area contributed by atoms with Gasteiger partial charge in [-0.05, 0) is 19.3 Å². The van der Waals surface area contributed by atoms with Crippen LogP contribution in [0, 0.1) is 11.3 Å². The number of halogens is 3. The largest absolute Gasteiger partial charge is 0.481 e. The van der Waals surface area contributed by atoms with E-state index in [2.05, 4.69) is 0 Å². The molecule has 1 heterocycles. The van der Waals surface area contributed by atoms with Gasteiger partial charge in [0.1, 0.15) is 0 Å². The minimum atomic E-state index is -4.88. The zero-order valence-electron chi connectivity index (χ0n) is 11.6.